The van der Waals surface area contributed by atoms with Gasteiger partial charge in [-0.05, 0) is 31.2 Å². The molecule has 0 aliphatic carbocycles. The fourth-order valence-electron chi connectivity index (χ4n) is 2.30. The molecule has 0 bridgehead atoms. The van der Waals surface area contributed by atoms with E-state index in [2.05, 4.69) is 25.4 Å². The number of para-hydroxylation sites is 2. The second-order valence-electron chi connectivity index (χ2n) is 5.00. The van der Waals surface area contributed by atoms with E-state index < -0.39 is 0 Å². The third-order valence-electron chi connectivity index (χ3n) is 3.43. The van der Waals surface area contributed by atoms with Crippen LogP contribution in [0.3, 0.4) is 0 Å². The molecule has 8 heteroatoms. The number of hydrogen-bond acceptors (Lipinski definition) is 4. The Morgan fingerprint density at radius 2 is 2.04 bits per heavy atom. The predicted molar refractivity (Wildman–Crippen MR) is 92.5 cm³/mol. The molecule has 2 amide bonds. The van der Waals surface area contributed by atoms with Crippen LogP contribution in [0.15, 0.2) is 47.8 Å². The Kier molecular flexibility index (Phi) is 4.85. The van der Waals surface area contributed by atoms with Gasteiger partial charge < -0.3 is 9.55 Å². The van der Waals surface area contributed by atoms with Gasteiger partial charge in [0.25, 0.3) is 5.91 Å². The van der Waals surface area contributed by atoms with Gasteiger partial charge in [-0.2, -0.15) is 0 Å². The van der Waals surface area contributed by atoms with Crippen LogP contribution in [0.2, 0.25) is 0 Å². The molecule has 2 aromatic heterocycles. The molecular weight excluding hydrogens is 326 g/mol. The van der Waals surface area contributed by atoms with Crippen molar-refractivity contribution in [3.8, 4) is 0 Å². The van der Waals surface area contributed by atoms with Crippen molar-refractivity contribution in [3.05, 3.63) is 48.3 Å². The fourth-order valence-corrected chi connectivity index (χ4v) is 3.18. The first-order valence-corrected chi connectivity index (χ1v) is 8.48. The van der Waals surface area contributed by atoms with Gasteiger partial charge in [-0.3, -0.25) is 20.4 Å². The molecule has 7 nitrogen and oxygen atoms in total. The van der Waals surface area contributed by atoms with Crippen LogP contribution in [-0.2, 0) is 11.3 Å². The van der Waals surface area contributed by atoms with Gasteiger partial charge in [0, 0.05) is 12.7 Å². The van der Waals surface area contributed by atoms with Gasteiger partial charge in [0.15, 0.2) is 5.16 Å². The average molecular weight is 343 g/mol. The Morgan fingerprint density at radius 1 is 1.21 bits per heavy atom. The van der Waals surface area contributed by atoms with Crippen LogP contribution in [0, 0.1) is 0 Å². The summed E-state index contributed by atoms with van der Waals surface area (Å²) in [4.78, 5) is 30.9. The molecular formula is C16H17N5O2S. The number of rotatable bonds is 5. The van der Waals surface area contributed by atoms with Crippen LogP contribution in [0.1, 0.15) is 17.4 Å². The number of carbonyl (C=O) groups excluding carboxylic acids is 2. The molecule has 124 valence electrons. The van der Waals surface area contributed by atoms with Gasteiger partial charge in [-0.1, -0.05) is 23.9 Å². The van der Waals surface area contributed by atoms with E-state index in [0.29, 0.717) is 5.69 Å². The van der Waals surface area contributed by atoms with Crippen molar-refractivity contribution in [2.45, 2.75) is 18.6 Å². The van der Waals surface area contributed by atoms with Crippen LogP contribution >= 0.6 is 11.8 Å². The topological polar surface area (TPSA) is 91.8 Å². The number of aryl methyl sites for hydroxylation is 1. The summed E-state index contributed by atoms with van der Waals surface area (Å²) >= 11 is 1.34. The maximum atomic E-state index is 11.9. The molecule has 3 aromatic rings. The molecule has 0 fully saturated rings. The maximum absolute atomic E-state index is 11.9. The second-order valence-corrected chi connectivity index (χ2v) is 5.94. The Hall–Kier alpha value is -2.74. The van der Waals surface area contributed by atoms with E-state index in [1.807, 2.05) is 31.2 Å². The van der Waals surface area contributed by atoms with E-state index in [1.54, 1.807) is 18.3 Å². The lowest BCUT2D eigenvalue weighted by molar-refractivity contribution is -0.119. The smallest absolute Gasteiger partial charge is 0.286 e. The van der Waals surface area contributed by atoms with Crippen LogP contribution in [-0.4, -0.2) is 32.1 Å². The summed E-state index contributed by atoms with van der Waals surface area (Å²) in [5.41, 5.74) is 7.10. The highest BCUT2D eigenvalue weighted by atomic mass is 32.2. The number of carbonyl (C=O) groups is 2. The van der Waals surface area contributed by atoms with Gasteiger partial charge in [0.2, 0.25) is 5.91 Å². The van der Waals surface area contributed by atoms with Crippen molar-refractivity contribution in [3.63, 3.8) is 0 Å². The van der Waals surface area contributed by atoms with Gasteiger partial charge in [-0.15, -0.1) is 0 Å². The van der Waals surface area contributed by atoms with Crippen molar-refractivity contribution >= 4 is 34.6 Å². The molecule has 0 spiro atoms. The number of fused-ring (bicyclic) bond motifs is 1. The average Bonchev–Trinajstić information content (AvgIpc) is 3.24. The lowest BCUT2D eigenvalue weighted by Gasteiger charge is -2.07. The number of imidazole rings is 1. The molecule has 3 rings (SSSR count). The summed E-state index contributed by atoms with van der Waals surface area (Å²) in [5, 5.41) is 0.782. The quantitative estimate of drug-likeness (QED) is 0.488. The number of H-pyrrole nitrogens is 1. The summed E-state index contributed by atoms with van der Waals surface area (Å²) in [5.74, 6) is -0.525. The molecule has 0 saturated carbocycles. The number of amides is 2. The number of benzene rings is 1. The Balaban J connectivity index is 1.57. The predicted octanol–water partition coefficient (Wildman–Crippen LogP) is 1.94. The van der Waals surface area contributed by atoms with Crippen molar-refractivity contribution in [2.24, 2.45) is 0 Å². The minimum atomic E-state index is -0.390. The normalized spacial score (nSPS) is 10.7. The number of nitrogens with zero attached hydrogens (tertiary/aromatic N) is 2. The first-order chi connectivity index (χ1) is 11.7. The Morgan fingerprint density at radius 3 is 2.79 bits per heavy atom. The third-order valence-corrected chi connectivity index (χ3v) is 4.40. The number of aromatic amines is 1. The number of hydrazine groups is 1. The molecule has 24 heavy (non-hydrogen) atoms. The van der Waals surface area contributed by atoms with Gasteiger partial charge in [0.05, 0.1) is 16.8 Å². The van der Waals surface area contributed by atoms with Gasteiger partial charge >= 0.3 is 0 Å². The molecule has 1 aromatic carbocycles. The summed E-state index contributed by atoms with van der Waals surface area (Å²) in [6, 6.07) is 11.2. The fraction of sp³-hybridized carbons (Fsp3) is 0.188. The molecule has 0 aliphatic rings. The van der Waals surface area contributed by atoms with E-state index >= 15 is 0 Å². The first kappa shape index (κ1) is 16.1. The number of thioether (sulfide) groups is 1. The lowest BCUT2D eigenvalue weighted by Crippen LogP contribution is -2.42. The molecule has 0 unspecified atom stereocenters. The zero-order valence-electron chi connectivity index (χ0n) is 13.1. The lowest BCUT2D eigenvalue weighted by atomic mass is 10.3. The highest BCUT2D eigenvalue weighted by molar-refractivity contribution is 7.99. The molecule has 0 saturated heterocycles. The van der Waals surface area contributed by atoms with Crippen LogP contribution in [0.25, 0.3) is 11.0 Å². The monoisotopic (exact) mass is 343 g/mol. The van der Waals surface area contributed by atoms with E-state index in [-0.39, 0.29) is 17.6 Å². The van der Waals surface area contributed by atoms with Crippen LogP contribution < -0.4 is 10.9 Å². The third kappa shape index (κ3) is 3.43. The minimum Gasteiger partial charge on any atom is -0.357 e. The van der Waals surface area contributed by atoms with Gasteiger partial charge in [0.1, 0.15) is 5.69 Å². The van der Waals surface area contributed by atoms with E-state index in [4.69, 9.17) is 0 Å². The van der Waals surface area contributed by atoms with E-state index in [1.165, 1.54) is 11.8 Å². The van der Waals surface area contributed by atoms with Crippen molar-refractivity contribution < 1.29 is 9.59 Å². The molecule has 0 atom stereocenters. The molecule has 0 radical (unpaired) electrons. The first-order valence-electron chi connectivity index (χ1n) is 7.49. The number of hydrogen-bond donors (Lipinski definition) is 3. The molecule has 2 heterocycles. The summed E-state index contributed by atoms with van der Waals surface area (Å²) in [6.07, 6.45) is 1.64. The van der Waals surface area contributed by atoms with Crippen molar-refractivity contribution in [1.82, 2.24) is 25.4 Å². The van der Waals surface area contributed by atoms with Crippen molar-refractivity contribution in [1.29, 1.82) is 0 Å². The standard InChI is InChI=1S/C16H17N5O2S/c1-2-21-13-8-4-3-6-11(13)18-16(21)24-10-14(22)19-20-15(23)12-7-5-9-17-12/h3-9,17H,2,10H2,1H3,(H,19,22)(H,20,23). The van der Waals surface area contributed by atoms with E-state index in [9.17, 15) is 9.59 Å². The zero-order chi connectivity index (χ0) is 16.9. The second kappa shape index (κ2) is 7.22. The van der Waals surface area contributed by atoms with Crippen molar-refractivity contribution in [2.75, 3.05) is 5.75 Å². The van der Waals surface area contributed by atoms with Gasteiger partial charge in [-0.25, -0.2) is 4.98 Å². The number of nitrogens with one attached hydrogen (secondary N) is 3. The summed E-state index contributed by atoms with van der Waals surface area (Å²) in [6.45, 7) is 2.81. The minimum absolute atomic E-state index is 0.161. The SMILES string of the molecule is CCn1c(SCC(=O)NNC(=O)c2ccc[nH]2)nc2ccccc21. The molecule has 3 N–H and O–H groups in total. The largest absolute Gasteiger partial charge is 0.357 e. The maximum Gasteiger partial charge on any atom is 0.286 e. The summed E-state index contributed by atoms with van der Waals surface area (Å²) in [7, 11) is 0. The van der Waals surface area contributed by atoms with Crippen LogP contribution in [0.5, 0.6) is 0 Å². The molecule has 0 aliphatic heterocycles. The van der Waals surface area contributed by atoms with Crippen LogP contribution in [0.4, 0.5) is 0 Å². The Labute approximate surface area is 142 Å². The zero-order valence-corrected chi connectivity index (χ0v) is 13.9. The number of aromatic nitrogens is 3. The highest BCUT2D eigenvalue weighted by Crippen LogP contribution is 2.23. The summed E-state index contributed by atoms with van der Waals surface area (Å²) < 4.78 is 2.06. The highest BCUT2D eigenvalue weighted by Gasteiger charge is 2.12. The van der Waals surface area contributed by atoms with E-state index in [0.717, 1.165) is 22.7 Å². The Bertz CT molecular complexity index is 857.